The van der Waals surface area contributed by atoms with Crippen LogP contribution >= 0.6 is 0 Å². The lowest BCUT2D eigenvalue weighted by Gasteiger charge is -2.40. The van der Waals surface area contributed by atoms with Gasteiger partial charge in [-0.1, -0.05) is 300 Å². The fourth-order valence-electron chi connectivity index (χ4n) is 11.4. The minimum Gasteiger partial charge on any atom is -0.394 e. The Morgan fingerprint density at radius 1 is 0.422 bits per heavy atom. The van der Waals surface area contributed by atoms with Crippen LogP contribution in [-0.4, -0.2) is 110 Å². The maximum absolute atomic E-state index is 13.2. The van der Waals surface area contributed by atoms with Crippen LogP contribution in [-0.2, 0) is 14.3 Å². The summed E-state index contributed by atoms with van der Waals surface area (Å²) in [5.74, 6) is -0.706. The molecule has 0 radical (unpaired) electrons. The third-order valence-corrected chi connectivity index (χ3v) is 17.1. The molecule has 11 heteroatoms. The Morgan fingerprint density at radius 3 is 1.14 bits per heavy atom. The molecule has 1 amide bonds. The zero-order chi connectivity index (χ0) is 60.3. The summed E-state index contributed by atoms with van der Waals surface area (Å²) in [6.07, 6.45) is 67.7. The van der Waals surface area contributed by atoms with Crippen molar-refractivity contribution in [2.45, 2.75) is 390 Å². The van der Waals surface area contributed by atoms with E-state index in [0.29, 0.717) is 19.3 Å². The predicted octanol–water partition coefficient (Wildman–Crippen LogP) is 17.1. The number of allylic oxidation sites excluding steroid dienone is 8. The summed E-state index contributed by atoms with van der Waals surface area (Å²) in [6, 6.07) is -1.19. The molecule has 1 rings (SSSR count). The molecule has 1 saturated heterocycles. The van der Waals surface area contributed by atoms with Crippen molar-refractivity contribution >= 4 is 5.91 Å². The first-order chi connectivity index (χ1) is 40.7. The van der Waals surface area contributed by atoms with Crippen LogP contribution in [0.1, 0.15) is 335 Å². The number of aliphatic hydroxyl groups excluding tert-OH is 7. The lowest BCUT2D eigenvalue weighted by molar-refractivity contribution is -0.303. The molecule has 1 aliphatic rings. The van der Waals surface area contributed by atoms with Gasteiger partial charge in [0.05, 0.1) is 25.4 Å². The van der Waals surface area contributed by atoms with E-state index in [2.05, 4.69) is 67.8 Å². The van der Waals surface area contributed by atoms with Crippen molar-refractivity contribution in [1.29, 1.82) is 0 Å². The lowest BCUT2D eigenvalue weighted by Crippen LogP contribution is -2.60. The largest absolute Gasteiger partial charge is 0.394 e. The van der Waals surface area contributed by atoms with Crippen molar-refractivity contribution in [3.63, 3.8) is 0 Å². The van der Waals surface area contributed by atoms with E-state index in [-0.39, 0.29) is 12.8 Å². The molecule has 0 aromatic rings. The molecule has 0 aromatic heterocycles. The molecule has 0 aliphatic carbocycles. The summed E-state index contributed by atoms with van der Waals surface area (Å²) in [7, 11) is 0. The molecular formula is C72H135NO10. The SMILES string of the molecule is CCCCCCCCCCC/C=C\C/C=C\CCCCCCCCCCCCCCCCCCC(O)C(=O)NC(COC1OC(CO)C(O)C(O)C1O)C(O)C(O)CCC/C=C/CC/C=C/CCCCCCCCCCCCCCCCC. The molecule has 1 aliphatic heterocycles. The maximum atomic E-state index is 13.2. The van der Waals surface area contributed by atoms with Gasteiger partial charge in [-0.2, -0.15) is 0 Å². The van der Waals surface area contributed by atoms with Gasteiger partial charge in [0, 0.05) is 0 Å². The van der Waals surface area contributed by atoms with E-state index in [4.69, 9.17) is 9.47 Å². The summed E-state index contributed by atoms with van der Waals surface area (Å²) in [5.41, 5.74) is 0. The molecule has 1 fully saturated rings. The number of hydrogen-bond donors (Lipinski definition) is 8. The fraction of sp³-hybridized carbons (Fsp3) is 0.875. The summed E-state index contributed by atoms with van der Waals surface area (Å²) in [5, 5.41) is 76.5. The van der Waals surface area contributed by atoms with Crippen LogP contribution in [0.3, 0.4) is 0 Å². The second-order valence-electron chi connectivity index (χ2n) is 24.9. The highest BCUT2D eigenvalue weighted by atomic mass is 16.7. The van der Waals surface area contributed by atoms with Crippen LogP contribution in [0.2, 0.25) is 0 Å². The van der Waals surface area contributed by atoms with E-state index >= 15 is 0 Å². The van der Waals surface area contributed by atoms with Crippen molar-refractivity contribution in [3.8, 4) is 0 Å². The van der Waals surface area contributed by atoms with Crippen LogP contribution < -0.4 is 5.32 Å². The first-order valence-corrected chi connectivity index (χ1v) is 35.5. The van der Waals surface area contributed by atoms with Crippen LogP contribution in [0, 0.1) is 0 Å². The number of amides is 1. The Kier molecular flexibility index (Phi) is 57.5. The average Bonchev–Trinajstić information content (AvgIpc) is 3.68. The molecule has 83 heavy (non-hydrogen) atoms. The smallest absolute Gasteiger partial charge is 0.249 e. The van der Waals surface area contributed by atoms with Crippen LogP contribution in [0.25, 0.3) is 0 Å². The molecular weight excluding hydrogens is 1040 g/mol. The second-order valence-corrected chi connectivity index (χ2v) is 24.9. The average molecular weight is 1170 g/mol. The van der Waals surface area contributed by atoms with Gasteiger partial charge < -0.3 is 50.5 Å². The van der Waals surface area contributed by atoms with Crippen LogP contribution in [0.5, 0.6) is 0 Å². The second kappa shape index (κ2) is 60.4. The zero-order valence-corrected chi connectivity index (χ0v) is 53.9. The standard InChI is InChI=1S/C72H135NO10/c1-3-5-7-9-11-13-15-17-19-21-23-25-27-29-30-31-32-33-34-35-36-38-40-42-44-46-48-50-52-54-56-58-60-65(76)71(81)73-63(62-82-72-70(80)69(79)68(78)66(61-74)83-72)67(77)64(75)59-57-55-53-51-49-47-45-43-41-39-37-28-26-24-22-20-18-16-14-12-10-8-6-4-2/h23,25,29-30,43,45,51,53,63-70,72,74-80H,3-22,24,26-28,31-42,44,46-50,52,54-62H2,1-2H3,(H,73,81)/b25-23-,30-29-,45-43+,53-51+. The van der Waals surface area contributed by atoms with E-state index in [9.17, 15) is 40.5 Å². The Morgan fingerprint density at radius 2 is 0.759 bits per heavy atom. The van der Waals surface area contributed by atoms with E-state index in [1.165, 1.54) is 244 Å². The topological polar surface area (TPSA) is 189 Å². The fourth-order valence-corrected chi connectivity index (χ4v) is 11.4. The van der Waals surface area contributed by atoms with Gasteiger partial charge in [-0.3, -0.25) is 4.79 Å². The number of aliphatic hydroxyl groups is 7. The van der Waals surface area contributed by atoms with Crippen molar-refractivity contribution in [3.05, 3.63) is 48.6 Å². The Balaban J connectivity index is 2.21. The van der Waals surface area contributed by atoms with Gasteiger partial charge in [0.15, 0.2) is 6.29 Å². The molecule has 11 nitrogen and oxygen atoms in total. The van der Waals surface area contributed by atoms with Gasteiger partial charge >= 0.3 is 0 Å². The predicted molar refractivity (Wildman–Crippen MR) is 348 cm³/mol. The van der Waals surface area contributed by atoms with Crippen molar-refractivity contribution in [2.24, 2.45) is 0 Å². The van der Waals surface area contributed by atoms with Gasteiger partial charge in [-0.25, -0.2) is 0 Å². The number of hydrogen-bond acceptors (Lipinski definition) is 10. The third kappa shape index (κ3) is 47.8. The molecule has 0 spiro atoms. The molecule has 8 N–H and O–H groups in total. The lowest BCUT2D eigenvalue weighted by atomic mass is 9.98. The minimum absolute atomic E-state index is 0.247. The molecule has 488 valence electrons. The highest BCUT2D eigenvalue weighted by Crippen LogP contribution is 2.24. The van der Waals surface area contributed by atoms with Gasteiger partial charge in [-0.15, -0.1) is 0 Å². The summed E-state index contributed by atoms with van der Waals surface area (Å²) in [4.78, 5) is 13.2. The first kappa shape index (κ1) is 79.1. The van der Waals surface area contributed by atoms with E-state index < -0.39 is 74.2 Å². The van der Waals surface area contributed by atoms with Gasteiger partial charge in [0.2, 0.25) is 5.91 Å². The molecule has 1 heterocycles. The quantitative estimate of drug-likeness (QED) is 0.0215. The Bertz CT molecular complexity index is 1490. The molecule has 0 saturated carbocycles. The summed E-state index contributed by atoms with van der Waals surface area (Å²) < 4.78 is 11.2. The van der Waals surface area contributed by atoms with E-state index in [1.54, 1.807) is 0 Å². The van der Waals surface area contributed by atoms with Gasteiger partial charge in [-0.05, 0) is 83.5 Å². The number of unbranched alkanes of at least 4 members (excludes halogenated alkanes) is 42. The van der Waals surface area contributed by atoms with Gasteiger partial charge in [0.1, 0.15) is 36.6 Å². The number of carbonyl (C=O) groups is 1. The van der Waals surface area contributed by atoms with Crippen LogP contribution in [0.15, 0.2) is 48.6 Å². The van der Waals surface area contributed by atoms with E-state index in [1.807, 2.05) is 0 Å². The number of nitrogens with one attached hydrogen (secondary N) is 1. The van der Waals surface area contributed by atoms with E-state index in [0.717, 1.165) is 44.9 Å². The van der Waals surface area contributed by atoms with Crippen LogP contribution in [0.4, 0.5) is 0 Å². The number of rotatable bonds is 62. The minimum atomic E-state index is -1.67. The highest BCUT2D eigenvalue weighted by molar-refractivity contribution is 5.80. The van der Waals surface area contributed by atoms with Crippen molar-refractivity contribution < 1.29 is 50.0 Å². The number of carbonyl (C=O) groups excluding carboxylic acids is 1. The Labute approximate surface area is 510 Å². The molecule has 0 aromatic carbocycles. The molecule has 9 atom stereocenters. The van der Waals surface area contributed by atoms with Gasteiger partial charge in [0.25, 0.3) is 0 Å². The third-order valence-electron chi connectivity index (χ3n) is 17.1. The number of ether oxygens (including phenoxy) is 2. The summed E-state index contributed by atoms with van der Waals surface area (Å²) >= 11 is 0. The zero-order valence-electron chi connectivity index (χ0n) is 53.9. The highest BCUT2D eigenvalue weighted by Gasteiger charge is 2.44. The molecule has 0 bridgehead atoms. The maximum Gasteiger partial charge on any atom is 0.249 e. The summed E-state index contributed by atoms with van der Waals surface area (Å²) in [6.45, 7) is 3.48. The van der Waals surface area contributed by atoms with Crippen molar-refractivity contribution in [2.75, 3.05) is 13.2 Å². The van der Waals surface area contributed by atoms with Crippen molar-refractivity contribution in [1.82, 2.24) is 5.32 Å². The monoisotopic (exact) mass is 1170 g/mol. The Hall–Kier alpha value is -1.93. The first-order valence-electron chi connectivity index (χ1n) is 35.5. The molecule has 9 unspecified atom stereocenters. The normalized spacial score (nSPS) is 19.3.